The third-order valence-electron chi connectivity index (χ3n) is 5.14. The first-order valence-corrected chi connectivity index (χ1v) is 11.1. The summed E-state index contributed by atoms with van der Waals surface area (Å²) in [6.45, 7) is 10.2. The largest absolute Gasteiger partial charge is 0.497 e. The first kappa shape index (κ1) is 25.5. The number of nitrogens with one attached hydrogen (secondary N) is 1. The maximum atomic E-state index is 13.1. The van der Waals surface area contributed by atoms with Gasteiger partial charge in [0.2, 0.25) is 5.91 Å². The molecule has 0 bridgehead atoms. The Balaban J connectivity index is 2.17. The van der Waals surface area contributed by atoms with Crippen molar-refractivity contribution in [2.45, 2.75) is 47.2 Å². The van der Waals surface area contributed by atoms with Crippen LogP contribution in [0.25, 0.3) is 0 Å². The lowest BCUT2D eigenvalue weighted by atomic mass is 10.1. The standard InChI is InChI=1S/C25H33ClN2O4/c1-16(2)13-27-25(30)19(5)28(14-20-7-9-21(31-6)10-8-20)23(29)15-32-22-11-17(3)24(26)18(4)12-22/h7-12,16,19H,13-15H2,1-6H3,(H,27,30)/t19-/m1/s1. The van der Waals surface area contributed by atoms with E-state index in [2.05, 4.69) is 5.32 Å². The topological polar surface area (TPSA) is 67.9 Å². The minimum absolute atomic E-state index is 0.182. The lowest BCUT2D eigenvalue weighted by molar-refractivity contribution is -0.142. The number of carbonyl (C=O) groups excluding carboxylic acids is 2. The van der Waals surface area contributed by atoms with E-state index in [1.54, 1.807) is 26.2 Å². The minimum atomic E-state index is -0.652. The Morgan fingerprint density at radius 2 is 1.62 bits per heavy atom. The number of carbonyl (C=O) groups is 2. The molecule has 7 heteroatoms. The van der Waals surface area contributed by atoms with Crippen LogP contribution in [0.1, 0.15) is 37.5 Å². The smallest absolute Gasteiger partial charge is 0.261 e. The molecule has 0 saturated carbocycles. The maximum absolute atomic E-state index is 13.1. The summed E-state index contributed by atoms with van der Waals surface area (Å²) in [5.74, 6) is 1.14. The van der Waals surface area contributed by atoms with Gasteiger partial charge in [-0.3, -0.25) is 9.59 Å². The summed E-state index contributed by atoms with van der Waals surface area (Å²) >= 11 is 6.22. The lowest BCUT2D eigenvalue weighted by Crippen LogP contribution is -2.49. The molecule has 1 N–H and O–H groups in total. The fourth-order valence-electron chi connectivity index (χ4n) is 3.18. The molecule has 0 unspecified atom stereocenters. The SMILES string of the molecule is COc1ccc(CN(C(=O)COc2cc(C)c(Cl)c(C)c2)[C@H](C)C(=O)NCC(C)C)cc1. The van der Waals surface area contributed by atoms with Gasteiger partial charge in [0.15, 0.2) is 6.61 Å². The summed E-state index contributed by atoms with van der Waals surface area (Å²) < 4.78 is 11.0. The van der Waals surface area contributed by atoms with Gasteiger partial charge in [-0.25, -0.2) is 0 Å². The number of rotatable bonds is 10. The van der Waals surface area contributed by atoms with Gasteiger partial charge in [-0.05, 0) is 67.6 Å². The quantitative estimate of drug-likeness (QED) is 0.565. The van der Waals surface area contributed by atoms with Gasteiger partial charge in [0.05, 0.1) is 7.11 Å². The predicted octanol–water partition coefficient (Wildman–Crippen LogP) is 4.53. The zero-order valence-electron chi connectivity index (χ0n) is 19.7. The Morgan fingerprint density at radius 3 is 2.16 bits per heavy atom. The molecule has 0 spiro atoms. The van der Waals surface area contributed by atoms with Crippen LogP contribution in [0.15, 0.2) is 36.4 Å². The number of hydrogen-bond acceptors (Lipinski definition) is 4. The summed E-state index contributed by atoms with van der Waals surface area (Å²) in [5, 5.41) is 3.59. The van der Waals surface area contributed by atoms with Crippen LogP contribution in [0.2, 0.25) is 5.02 Å². The van der Waals surface area contributed by atoms with Crippen LogP contribution in [0.4, 0.5) is 0 Å². The average Bonchev–Trinajstić information content (AvgIpc) is 2.77. The Kier molecular flexibility index (Phi) is 9.39. The molecule has 0 radical (unpaired) electrons. The molecule has 0 aliphatic rings. The Hall–Kier alpha value is -2.73. The van der Waals surface area contributed by atoms with Gasteiger partial charge in [-0.1, -0.05) is 37.6 Å². The highest BCUT2D eigenvalue weighted by atomic mass is 35.5. The Morgan fingerprint density at radius 1 is 1.03 bits per heavy atom. The molecule has 0 saturated heterocycles. The molecule has 6 nitrogen and oxygen atoms in total. The average molecular weight is 461 g/mol. The van der Waals surface area contributed by atoms with Gasteiger partial charge in [-0.15, -0.1) is 0 Å². The van der Waals surface area contributed by atoms with Crippen LogP contribution in [-0.2, 0) is 16.1 Å². The third kappa shape index (κ3) is 7.16. The summed E-state index contributed by atoms with van der Waals surface area (Å²) in [4.78, 5) is 27.4. The molecule has 1 atom stereocenters. The highest BCUT2D eigenvalue weighted by Crippen LogP contribution is 2.26. The zero-order valence-corrected chi connectivity index (χ0v) is 20.5. The first-order chi connectivity index (χ1) is 15.1. The van der Waals surface area contributed by atoms with Crippen LogP contribution >= 0.6 is 11.6 Å². The molecular weight excluding hydrogens is 428 g/mol. The second-order valence-corrected chi connectivity index (χ2v) is 8.72. The number of ether oxygens (including phenoxy) is 2. The van der Waals surface area contributed by atoms with E-state index in [1.165, 1.54) is 4.90 Å². The van der Waals surface area contributed by atoms with Gasteiger partial charge in [0.25, 0.3) is 5.91 Å². The van der Waals surface area contributed by atoms with E-state index in [0.717, 1.165) is 22.4 Å². The van der Waals surface area contributed by atoms with Crippen molar-refractivity contribution in [2.75, 3.05) is 20.3 Å². The zero-order chi connectivity index (χ0) is 23.8. The molecular formula is C25H33ClN2O4. The second-order valence-electron chi connectivity index (χ2n) is 8.34. The van der Waals surface area contributed by atoms with Crippen LogP contribution in [0, 0.1) is 19.8 Å². The first-order valence-electron chi connectivity index (χ1n) is 10.7. The number of benzene rings is 2. The molecule has 2 aromatic rings. The summed E-state index contributed by atoms with van der Waals surface area (Å²) in [6.07, 6.45) is 0. The number of nitrogens with zero attached hydrogens (tertiary/aromatic N) is 1. The van der Waals surface area contributed by atoms with Crippen LogP contribution in [0.5, 0.6) is 11.5 Å². The van der Waals surface area contributed by atoms with Crippen LogP contribution < -0.4 is 14.8 Å². The highest BCUT2D eigenvalue weighted by Gasteiger charge is 2.26. The Bertz CT molecular complexity index is 905. The molecule has 0 aliphatic heterocycles. The third-order valence-corrected chi connectivity index (χ3v) is 5.73. The number of amides is 2. The van der Waals surface area contributed by atoms with Crippen molar-refractivity contribution in [3.8, 4) is 11.5 Å². The fourth-order valence-corrected chi connectivity index (χ4v) is 3.29. The number of halogens is 1. The van der Waals surface area contributed by atoms with Gasteiger partial charge in [-0.2, -0.15) is 0 Å². The molecule has 0 fully saturated rings. The van der Waals surface area contributed by atoms with Gasteiger partial charge in [0.1, 0.15) is 17.5 Å². The van der Waals surface area contributed by atoms with E-state index >= 15 is 0 Å². The second kappa shape index (κ2) is 11.8. The van der Waals surface area contributed by atoms with Crippen molar-refractivity contribution in [3.63, 3.8) is 0 Å². The maximum Gasteiger partial charge on any atom is 0.261 e. The van der Waals surface area contributed by atoms with Gasteiger partial charge >= 0.3 is 0 Å². The van der Waals surface area contributed by atoms with Crippen LogP contribution in [0.3, 0.4) is 0 Å². The molecule has 2 amide bonds. The summed E-state index contributed by atoms with van der Waals surface area (Å²) in [6, 6.07) is 10.4. The van der Waals surface area contributed by atoms with Gasteiger partial charge in [0, 0.05) is 18.1 Å². The number of hydrogen-bond donors (Lipinski definition) is 1. The molecule has 2 rings (SSSR count). The molecule has 0 aromatic heterocycles. The van der Waals surface area contributed by atoms with E-state index < -0.39 is 6.04 Å². The van der Waals surface area contributed by atoms with Crippen molar-refractivity contribution in [1.29, 1.82) is 0 Å². The highest BCUT2D eigenvalue weighted by molar-refractivity contribution is 6.32. The van der Waals surface area contributed by atoms with E-state index in [0.29, 0.717) is 23.2 Å². The normalized spacial score (nSPS) is 11.8. The van der Waals surface area contributed by atoms with Crippen molar-refractivity contribution in [1.82, 2.24) is 10.2 Å². The molecule has 32 heavy (non-hydrogen) atoms. The van der Waals surface area contributed by atoms with Crippen LogP contribution in [-0.4, -0.2) is 43.0 Å². The minimum Gasteiger partial charge on any atom is -0.497 e. The molecule has 0 heterocycles. The van der Waals surface area contributed by atoms with E-state index in [-0.39, 0.29) is 25.0 Å². The van der Waals surface area contributed by atoms with Gasteiger partial charge < -0.3 is 19.7 Å². The van der Waals surface area contributed by atoms with Crippen molar-refractivity contribution in [2.24, 2.45) is 5.92 Å². The van der Waals surface area contributed by atoms with E-state index in [9.17, 15) is 9.59 Å². The molecule has 0 aliphatic carbocycles. The lowest BCUT2D eigenvalue weighted by Gasteiger charge is -2.29. The fraction of sp³-hybridized carbons (Fsp3) is 0.440. The van der Waals surface area contributed by atoms with Crippen molar-refractivity contribution >= 4 is 23.4 Å². The number of aryl methyl sites for hydroxylation is 2. The van der Waals surface area contributed by atoms with E-state index in [4.69, 9.17) is 21.1 Å². The number of methoxy groups -OCH3 is 1. The van der Waals surface area contributed by atoms with Crippen molar-refractivity contribution < 1.29 is 19.1 Å². The predicted molar refractivity (Wildman–Crippen MR) is 127 cm³/mol. The molecule has 174 valence electrons. The van der Waals surface area contributed by atoms with E-state index in [1.807, 2.05) is 52.0 Å². The Labute approximate surface area is 195 Å². The molecule has 2 aromatic carbocycles. The van der Waals surface area contributed by atoms with Crippen molar-refractivity contribution in [3.05, 3.63) is 58.1 Å². The summed E-state index contributed by atoms with van der Waals surface area (Å²) in [7, 11) is 1.60. The monoisotopic (exact) mass is 460 g/mol. The summed E-state index contributed by atoms with van der Waals surface area (Å²) in [5.41, 5.74) is 2.65.